The zero-order chi connectivity index (χ0) is 39.3. The number of benzene rings is 11. The minimum absolute atomic E-state index is 0.160. The van der Waals surface area contributed by atoms with Crippen LogP contribution < -0.4 is 0 Å². The monoisotopic (exact) mass is 842 g/mol. The second-order valence-corrected chi connectivity index (χ2v) is 19.1. The van der Waals surface area contributed by atoms with E-state index >= 15 is 0 Å². The fraction of sp³-hybridized carbons (Fsp3) is 0. The molecule has 2 heteroatoms. The molecule has 0 nitrogen and oxygen atoms in total. The molecule has 0 saturated heterocycles. The Hall–Kier alpha value is -6.80. The molecule has 13 rings (SSSR count). The van der Waals surface area contributed by atoms with E-state index in [2.05, 4.69) is 206 Å². The van der Waals surface area contributed by atoms with E-state index < -0.39 is 0 Å². The molecule has 0 aliphatic heterocycles. The molecule has 13 aromatic rings. The van der Waals surface area contributed by atoms with Crippen LogP contribution in [0.1, 0.15) is 0 Å². The van der Waals surface area contributed by atoms with Gasteiger partial charge in [0.25, 0.3) is 0 Å². The molecule has 2 aromatic heterocycles. The van der Waals surface area contributed by atoms with Crippen LogP contribution in [0.4, 0.5) is 0 Å². The Balaban J connectivity index is 1.16. The zero-order valence-electron chi connectivity index (χ0n) is 32.4. The fourth-order valence-corrected chi connectivity index (χ4v) is 13.9. The third-order valence-corrected chi connectivity index (χ3v) is 16.1. The van der Waals surface area contributed by atoms with E-state index in [-0.39, 0.29) is 14.5 Å². The van der Waals surface area contributed by atoms with Crippen LogP contribution in [-0.4, -0.2) is 14.5 Å². The van der Waals surface area contributed by atoms with Gasteiger partial charge in [0.1, 0.15) is 0 Å². The van der Waals surface area contributed by atoms with Crippen molar-refractivity contribution in [2.45, 2.75) is 0 Å². The van der Waals surface area contributed by atoms with Gasteiger partial charge in [-0.2, -0.15) is 0 Å². The SMILES string of the molecule is c1ccc(-c2c3ccccc3c(-c3cccc4[se]c5cccc(-c6c7ccccc7c(-c7cccc8sc9ccccc9c78)c7ccccc67)c5c34)c3ccccc23)cc1. The summed E-state index contributed by atoms with van der Waals surface area (Å²) in [6.07, 6.45) is 0. The van der Waals surface area contributed by atoms with Gasteiger partial charge in [0.2, 0.25) is 0 Å². The van der Waals surface area contributed by atoms with E-state index in [0.717, 1.165) is 0 Å². The van der Waals surface area contributed by atoms with Crippen LogP contribution in [0.15, 0.2) is 206 Å². The van der Waals surface area contributed by atoms with Crippen molar-refractivity contribution in [2.24, 2.45) is 0 Å². The van der Waals surface area contributed by atoms with Gasteiger partial charge in [0.05, 0.1) is 0 Å². The van der Waals surface area contributed by atoms with Crippen LogP contribution in [0, 0.1) is 0 Å². The van der Waals surface area contributed by atoms with Gasteiger partial charge in [-0.3, -0.25) is 0 Å². The Bertz CT molecular complexity index is 3770. The van der Waals surface area contributed by atoms with E-state index in [4.69, 9.17) is 0 Å². The van der Waals surface area contributed by atoms with Crippen molar-refractivity contribution in [1.29, 1.82) is 0 Å². The maximum atomic E-state index is 2.40. The van der Waals surface area contributed by atoms with Gasteiger partial charge in [0.15, 0.2) is 0 Å². The topological polar surface area (TPSA) is 0 Å². The molecule has 0 saturated carbocycles. The predicted molar refractivity (Wildman–Crippen MR) is 263 cm³/mol. The summed E-state index contributed by atoms with van der Waals surface area (Å²) >= 11 is 2.05. The molecule has 0 amide bonds. The van der Waals surface area contributed by atoms with E-state index in [1.165, 1.54) is 127 Å². The van der Waals surface area contributed by atoms with Gasteiger partial charge < -0.3 is 0 Å². The van der Waals surface area contributed by atoms with E-state index in [9.17, 15) is 0 Å². The van der Waals surface area contributed by atoms with Gasteiger partial charge in [-0.15, -0.1) is 0 Å². The summed E-state index contributed by atoms with van der Waals surface area (Å²) < 4.78 is 5.55. The minimum atomic E-state index is 0.160. The van der Waals surface area contributed by atoms with Crippen molar-refractivity contribution in [3.05, 3.63) is 206 Å². The molecule has 0 aliphatic rings. The summed E-state index contributed by atoms with van der Waals surface area (Å²) in [5, 5.41) is 15.8. The van der Waals surface area contributed by atoms with Crippen LogP contribution in [0.5, 0.6) is 0 Å². The second-order valence-electron chi connectivity index (χ2n) is 15.8. The summed E-state index contributed by atoms with van der Waals surface area (Å²) in [5.41, 5.74) is 10.4. The number of hydrogen-bond acceptors (Lipinski definition) is 1. The standard InChI is InChI=1S/C58H34SSe/c1-2-17-35(18-3-1)52-36-19-4-6-21-38(36)54(39-22-7-5-20-37(39)52)46-29-15-33-50-57(46)58-47(30-16-34-51(58)60-50)55-42-25-10-8-23-40(42)53(41-24-9-11-26-43(41)55)45-28-14-32-49-56(45)44-27-12-13-31-48(44)59-49/h1-34H. The molecule has 0 fully saturated rings. The van der Waals surface area contributed by atoms with Gasteiger partial charge in [-0.05, 0) is 0 Å². The van der Waals surface area contributed by atoms with Crippen molar-refractivity contribution in [2.75, 3.05) is 0 Å². The van der Waals surface area contributed by atoms with E-state index in [1.54, 1.807) is 0 Å². The first kappa shape index (κ1) is 34.1. The third-order valence-electron chi connectivity index (χ3n) is 12.7. The summed E-state index contributed by atoms with van der Waals surface area (Å²) in [4.78, 5) is 0. The normalized spacial score (nSPS) is 12.0. The van der Waals surface area contributed by atoms with Crippen LogP contribution in [0.25, 0.3) is 127 Å². The molecule has 0 spiro atoms. The average Bonchev–Trinajstić information content (AvgIpc) is 3.89. The molecule has 0 radical (unpaired) electrons. The predicted octanol–water partition coefficient (Wildman–Crippen LogP) is 16.7. The quantitative estimate of drug-likeness (QED) is 0.122. The first-order valence-electron chi connectivity index (χ1n) is 20.6. The second kappa shape index (κ2) is 13.4. The number of fused-ring (bicyclic) bond motifs is 10. The third kappa shape index (κ3) is 4.90. The Morgan fingerprint density at radius 1 is 0.250 bits per heavy atom. The molecule has 278 valence electrons. The zero-order valence-corrected chi connectivity index (χ0v) is 35.0. The number of hydrogen-bond donors (Lipinski definition) is 0. The molecule has 0 aliphatic carbocycles. The molecule has 2 heterocycles. The summed E-state index contributed by atoms with van der Waals surface area (Å²) in [6, 6.07) is 77.3. The Morgan fingerprint density at radius 3 is 1.07 bits per heavy atom. The Labute approximate surface area is 357 Å². The van der Waals surface area contributed by atoms with Crippen molar-refractivity contribution in [3.8, 4) is 44.5 Å². The number of thiophene rings is 1. The van der Waals surface area contributed by atoms with Crippen molar-refractivity contribution >= 4 is 108 Å². The molecule has 0 atom stereocenters. The van der Waals surface area contributed by atoms with E-state index in [0.29, 0.717) is 0 Å². The Kier molecular flexibility index (Phi) is 7.59. The molecular formula is C58H34SSe. The molecule has 11 aromatic carbocycles. The summed E-state index contributed by atoms with van der Waals surface area (Å²) in [6.45, 7) is 0. The molecule has 0 unspecified atom stereocenters. The van der Waals surface area contributed by atoms with Crippen LogP contribution in [0.3, 0.4) is 0 Å². The van der Waals surface area contributed by atoms with Crippen LogP contribution in [-0.2, 0) is 0 Å². The first-order valence-corrected chi connectivity index (χ1v) is 23.1. The van der Waals surface area contributed by atoms with Gasteiger partial charge in [-0.25, -0.2) is 0 Å². The van der Waals surface area contributed by atoms with Crippen molar-refractivity contribution in [3.63, 3.8) is 0 Å². The summed E-state index contributed by atoms with van der Waals surface area (Å²) in [7, 11) is 0. The molecular weight excluding hydrogens is 808 g/mol. The fourth-order valence-electron chi connectivity index (χ4n) is 10.3. The van der Waals surface area contributed by atoms with Gasteiger partial charge in [-0.1, -0.05) is 6.07 Å². The summed E-state index contributed by atoms with van der Waals surface area (Å²) in [5.74, 6) is 0. The van der Waals surface area contributed by atoms with Crippen LogP contribution >= 0.6 is 11.3 Å². The Morgan fingerprint density at radius 2 is 0.600 bits per heavy atom. The first-order chi connectivity index (χ1) is 29.8. The maximum absolute atomic E-state index is 2.40. The molecule has 0 N–H and O–H groups in total. The van der Waals surface area contributed by atoms with E-state index in [1.807, 2.05) is 11.3 Å². The van der Waals surface area contributed by atoms with Crippen molar-refractivity contribution < 1.29 is 0 Å². The van der Waals surface area contributed by atoms with Gasteiger partial charge >= 0.3 is 353 Å². The average molecular weight is 842 g/mol. The van der Waals surface area contributed by atoms with Gasteiger partial charge in [0, 0.05) is 0 Å². The number of rotatable bonds is 4. The van der Waals surface area contributed by atoms with Crippen LogP contribution in [0.2, 0.25) is 0 Å². The van der Waals surface area contributed by atoms with Crippen molar-refractivity contribution in [1.82, 2.24) is 0 Å². The molecule has 0 bridgehead atoms. The molecule has 60 heavy (non-hydrogen) atoms.